The monoisotopic (exact) mass is 322 g/mol. The molecule has 0 bridgehead atoms. The highest BCUT2D eigenvalue weighted by atomic mass is 19.4. The summed E-state index contributed by atoms with van der Waals surface area (Å²) in [6, 6.07) is 0. The molecule has 4 nitrogen and oxygen atoms in total. The lowest BCUT2D eigenvalue weighted by molar-refractivity contribution is -0.184. The zero-order valence-corrected chi connectivity index (χ0v) is 10.8. The molecule has 0 saturated heterocycles. The van der Waals surface area contributed by atoms with Crippen molar-refractivity contribution in [2.45, 2.75) is 25.7 Å². The minimum absolute atomic E-state index is 0.176. The van der Waals surface area contributed by atoms with E-state index in [1.54, 1.807) is 0 Å². The van der Waals surface area contributed by atoms with Gasteiger partial charge in [-0.1, -0.05) is 13.2 Å². The van der Waals surface area contributed by atoms with Gasteiger partial charge in [-0.25, -0.2) is 9.59 Å². The van der Waals surface area contributed by atoms with Gasteiger partial charge >= 0.3 is 24.3 Å². The number of alkyl halides is 6. The zero-order valence-electron chi connectivity index (χ0n) is 10.8. The second kappa shape index (κ2) is 8.32. The van der Waals surface area contributed by atoms with Gasteiger partial charge < -0.3 is 9.84 Å². The number of ether oxygens (including phenoxy) is 1. The van der Waals surface area contributed by atoms with Gasteiger partial charge in [0.2, 0.25) is 0 Å². The lowest BCUT2D eigenvalue weighted by atomic mass is 10.2. The Balaban J connectivity index is 0. The van der Waals surface area contributed by atoms with E-state index in [9.17, 15) is 35.9 Å². The molecule has 0 aliphatic heterocycles. The predicted molar refractivity (Wildman–Crippen MR) is 59.3 cm³/mol. The molecule has 0 aliphatic rings. The molecular formula is C11H12F6O4. The zero-order chi connectivity index (χ0) is 17.4. The summed E-state index contributed by atoms with van der Waals surface area (Å²) in [6.45, 7) is 5.35. The second-order valence-corrected chi connectivity index (χ2v) is 3.67. The number of carboxylic acids is 1. The van der Waals surface area contributed by atoms with Gasteiger partial charge in [-0.3, -0.25) is 0 Å². The van der Waals surface area contributed by atoms with Crippen molar-refractivity contribution in [3.8, 4) is 0 Å². The molecule has 0 amide bonds. The molecule has 10 heteroatoms. The van der Waals surface area contributed by atoms with Gasteiger partial charge in [0.05, 0.1) is 6.42 Å². The number of carboxylic acid groups (broad SMARTS) is 1. The summed E-state index contributed by atoms with van der Waals surface area (Å²) in [5.74, 6) is -2.64. The van der Waals surface area contributed by atoms with Crippen LogP contribution in [-0.4, -0.2) is 36.0 Å². The molecule has 0 radical (unpaired) electrons. The van der Waals surface area contributed by atoms with Crippen LogP contribution in [0.15, 0.2) is 24.3 Å². The quantitative estimate of drug-likeness (QED) is 0.490. The Bertz CT molecular complexity index is 396. The van der Waals surface area contributed by atoms with Gasteiger partial charge in [0, 0.05) is 11.1 Å². The minimum atomic E-state index is -4.77. The molecule has 21 heavy (non-hydrogen) atoms. The Hall–Kier alpha value is -2.00. The van der Waals surface area contributed by atoms with Crippen LogP contribution in [0.4, 0.5) is 26.3 Å². The second-order valence-electron chi connectivity index (χ2n) is 3.67. The number of aliphatic carboxylic acids is 1. The average Bonchev–Trinajstić information content (AvgIpc) is 2.23. The van der Waals surface area contributed by atoms with Crippen molar-refractivity contribution in [2.75, 3.05) is 6.61 Å². The van der Waals surface area contributed by atoms with Crippen LogP contribution in [0.2, 0.25) is 0 Å². The number of hydrogen-bond donors (Lipinski definition) is 1. The highest BCUT2D eigenvalue weighted by molar-refractivity contribution is 5.87. The van der Waals surface area contributed by atoms with Crippen molar-refractivity contribution in [1.82, 2.24) is 0 Å². The van der Waals surface area contributed by atoms with Crippen molar-refractivity contribution in [1.29, 1.82) is 0 Å². The molecule has 0 heterocycles. The third-order valence-corrected chi connectivity index (χ3v) is 1.43. The van der Waals surface area contributed by atoms with Crippen molar-refractivity contribution >= 4 is 11.9 Å². The van der Waals surface area contributed by atoms with E-state index in [1.807, 2.05) is 0 Å². The minimum Gasteiger partial charge on any atom is -0.478 e. The molecular weight excluding hydrogens is 310 g/mol. The van der Waals surface area contributed by atoms with E-state index in [0.717, 1.165) is 0 Å². The molecule has 1 N–H and O–H groups in total. The summed E-state index contributed by atoms with van der Waals surface area (Å²) >= 11 is 0. The normalized spacial score (nSPS) is 11.0. The van der Waals surface area contributed by atoms with Gasteiger partial charge in [0.15, 0.2) is 6.61 Å². The first kappa shape index (κ1) is 21.3. The molecule has 0 rings (SSSR count). The Morgan fingerprint density at radius 2 is 1.43 bits per heavy atom. The number of rotatable bonds is 4. The SMILES string of the molecule is C=C(C)C(=O)O.C=C(CC(F)(F)F)C(=O)OCC(F)(F)F. The third-order valence-electron chi connectivity index (χ3n) is 1.43. The number of carbonyl (C=O) groups is 2. The maximum Gasteiger partial charge on any atom is 0.422 e. The molecule has 0 aromatic rings. The maximum absolute atomic E-state index is 11.6. The predicted octanol–water partition coefficient (Wildman–Crippen LogP) is 3.25. The summed E-state index contributed by atoms with van der Waals surface area (Å²) in [4.78, 5) is 20.1. The van der Waals surface area contributed by atoms with Crippen LogP contribution in [0.25, 0.3) is 0 Å². The molecule has 0 saturated carbocycles. The molecule has 0 atom stereocenters. The standard InChI is InChI=1S/C7H6F6O2.C4H6O2/c1-4(2-6(8,9)10)5(14)15-3-7(11,12)13;1-3(2)4(5)6/h1-3H2;1H2,2H3,(H,5,6). The Morgan fingerprint density at radius 3 is 1.67 bits per heavy atom. The lowest BCUT2D eigenvalue weighted by Crippen LogP contribution is -2.22. The largest absolute Gasteiger partial charge is 0.478 e. The van der Waals surface area contributed by atoms with E-state index in [1.165, 1.54) is 6.92 Å². The highest BCUT2D eigenvalue weighted by Gasteiger charge is 2.33. The van der Waals surface area contributed by atoms with Crippen molar-refractivity contribution in [3.05, 3.63) is 24.3 Å². The van der Waals surface area contributed by atoms with E-state index >= 15 is 0 Å². The van der Waals surface area contributed by atoms with Gasteiger partial charge in [0.1, 0.15) is 0 Å². The molecule has 0 fully saturated rings. The van der Waals surface area contributed by atoms with E-state index in [2.05, 4.69) is 17.9 Å². The summed E-state index contributed by atoms with van der Waals surface area (Å²) in [7, 11) is 0. The Labute approximate surface area is 115 Å². The van der Waals surface area contributed by atoms with Crippen LogP contribution >= 0.6 is 0 Å². The first-order chi connectivity index (χ1) is 9.15. The van der Waals surface area contributed by atoms with Crippen LogP contribution in [-0.2, 0) is 14.3 Å². The van der Waals surface area contributed by atoms with Crippen LogP contribution in [0.3, 0.4) is 0 Å². The third kappa shape index (κ3) is 15.9. The molecule has 122 valence electrons. The van der Waals surface area contributed by atoms with Crippen LogP contribution in [0.5, 0.6) is 0 Å². The van der Waals surface area contributed by atoms with Gasteiger partial charge in [-0.05, 0) is 6.92 Å². The summed E-state index contributed by atoms with van der Waals surface area (Å²) in [6.07, 6.45) is -11.2. The van der Waals surface area contributed by atoms with Crippen molar-refractivity contribution in [3.63, 3.8) is 0 Å². The van der Waals surface area contributed by atoms with E-state index in [4.69, 9.17) is 5.11 Å². The molecule has 0 aromatic heterocycles. The smallest absolute Gasteiger partial charge is 0.422 e. The average molecular weight is 322 g/mol. The van der Waals surface area contributed by atoms with Crippen LogP contribution in [0, 0.1) is 0 Å². The topological polar surface area (TPSA) is 63.6 Å². The molecule has 0 spiro atoms. The van der Waals surface area contributed by atoms with Crippen LogP contribution < -0.4 is 0 Å². The van der Waals surface area contributed by atoms with Gasteiger partial charge in [-0.15, -0.1) is 0 Å². The number of esters is 1. The first-order valence-electron chi connectivity index (χ1n) is 5.03. The number of hydrogen-bond acceptors (Lipinski definition) is 3. The molecule has 0 aliphatic carbocycles. The summed E-state index contributed by atoms with van der Waals surface area (Å²) < 4.78 is 73.0. The maximum atomic E-state index is 11.6. The number of carbonyl (C=O) groups excluding carboxylic acids is 1. The first-order valence-corrected chi connectivity index (χ1v) is 5.03. The van der Waals surface area contributed by atoms with Gasteiger partial charge in [-0.2, -0.15) is 26.3 Å². The summed E-state index contributed by atoms with van der Waals surface area (Å²) in [5, 5.41) is 7.89. The fourth-order valence-corrected chi connectivity index (χ4v) is 0.564. The Morgan fingerprint density at radius 1 is 1.05 bits per heavy atom. The van der Waals surface area contributed by atoms with Crippen LogP contribution in [0.1, 0.15) is 13.3 Å². The number of halogens is 6. The van der Waals surface area contributed by atoms with E-state index in [-0.39, 0.29) is 5.57 Å². The Kier molecular flexibility index (Phi) is 8.44. The lowest BCUT2D eigenvalue weighted by Gasteiger charge is -2.10. The summed E-state index contributed by atoms with van der Waals surface area (Å²) in [5.41, 5.74) is -0.887. The van der Waals surface area contributed by atoms with E-state index < -0.39 is 42.9 Å². The van der Waals surface area contributed by atoms with Crippen molar-refractivity contribution in [2.24, 2.45) is 0 Å². The highest BCUT2D eigenvalue weighted by Crippen LogP contribution is 2.24. The molecule has 0 aromatic carbocycles. The molecule has 0 unspecified atom stereocenters. The fraction of sp³-hybridized carbons (Fsp3) is 0.455. The van der Waals surface area contributed by atoms with Gasteiger partial charge in [0.25, 0.3) is 0 Å². The van der Waals surface area contributed by atoms with Crippen molar-refractivity contribution < 1.29 is 45.8 Å². The van der Waals surface area contributed by atoms with E-state index in [0.29, 0.717) is 0 Å². The fourth-order valence-electron chi connectivity index (χ4n) is 0.564.